The minimum Gasteiger partial charge on any atom is -0.389 e. The van der Waals surface area contributed by atoms with Gasteiger partial charge in [0.15, 0.2) is 0 Å². The first-order chi connectivity index (χ1) is 9.47. The first kappa shape index (κ1) is 16.9. The molecular weight excluding hydrogens is 294 g/mol. The normalized spacial score (nSPS) is 10.6. The smallest absolute Gasteiger partial charge is 0.233 e. The molecule has 0 spiro atoms. The van der Waals surface area contributed by atoms with Crippen LogP contribution in [0.5, 0.6) is 0 Å². The Labute approximate surface area is 130 Å². The third-order valence-corrected chi connectivity index (χ3v) is 3.50. The summed E-state index contributed by atoms with van der Waals surface area (Å²) in [6, 6.07) is 5.53. The van der Waals surface area contributed by atoms with Gasteiger partial charge in [-0.05, 0) is 24.6 Å². The molecule has 110 valence electrons. The summed E-state index contributed by atoms with van der Waals surface area (Å²) in [7, 11) is 1.64. The lowest BCUT2D eigenvalue weighted by Gasteiger charge is -2.21. The summed E-state index contributed by atoms with van der Waals surface area (Å²) >= 11 is 11.2. The van der Waals surface area contributed by atoms with Crippen molar-refractivity contribution in [2.45, 2.75) is 19.9 Å². The zero-order valence-corrected chi connectivity index (χ0v) is 13.4. The molecule has 1 amide bonds. The van der Waals surface area contributed by atoms with Gasteiger partial charge in [-0.15, -0.1) is 0 Å². The van der Waals surface area contributed by atoms with Gasteiger partial charge in [0.25, 0.3) is 0 Å². The summed E-state index contributed by atoms with van der Waals surface area (Å²) in [4.78, 5) is 13.9. The van der Waals surface area contributed by atoms with Crippen LogP contribution >= 0.6 is 23.8 Å². The van der Waals surface area contributed by atoms with Crippen molar-refractivity contribution >= 4 is 34.7 Å². The van der Waals surface area contributed by atoms with Gasteiger partial charge in [0.1, 0.15) is 4.99 Å². The van der Waals surface area contributed by atoms with Crippen LogP contribution in [-0.4, -0.2) is 35.9 Å². The molecule has 4 nitrogen and oxygen atoms in total. The van der Waals surface area contributed by atoms with E-state index in [0.29, 0.717) is 23.1 Å². The number of hydrogen-bond donors (Lipinski definition) is 2. The molecule has 6 heteroatoms. The molecule has 20 heavy (non-hydrogen) atoms. The molecule has 0 atom stereocenters. The molecule has 0 bridgehead atoms. The van der Waals surface area contributed by atoms with Crippen LogP contribution in [0.2, 0.25) is 5.02 Å². The van der Waals surface area contributed by atoms with E-state index in [1.54, 1.807) is 13.1 Å². The van der Waals surface area contributed by atoms with E-state index < -0.39 is 0 Å². The van der Waals surface area contributed by atoms with Gasteiger partial charge in [-0.2, -0.15) is 0 Å². The van der Waals surface area contributed by atoms with Crippen molar-refractivity contribution in [1.82, 2.24) is 10.2 Å². The number of carbonyl (C=O) groups excluding carboxylic acids is 1. The Bertz CT molecular complexity index is 493. The van der Waals surface area contributed by atoms with Crippen LogP contribution in [-0.2, 0) is 11.3 Å². The second kappa shape index (κ2) is 8.19. The average molecular weight is 314 g/mol. The summed E-state index contributed by atoms with van der Waals surface area (Å²) in [5.41, 5.74) is 7.29. The number of nitrogens with one attached hydrogen (secondary N) is 1. The fourth-order valence-electron chi connectivity index (χ4n) is 1.88. The largest absolute Gasteiger partial charge is 0.389 e. The molecule has 1 rings (SSSR count). The molecule has 0 unspecified atom stereocenters. The Kier molecular flexibility index (Phi) is 6.91. The van der Waals surface area contributed by atoms with E-state index in [1.807, 2.05) is 12.1 Å². The topological polar surface area (TPSA) is 58.4 Å². The molecule has 1 aromatic carbocycles. The minimum atomic E-state index is -0.00525. The molecular formula is C14H20ClN3OS. The highest BCUT2D eigenvalue weighted by molar-refractivity contribution is 7.80. The Hall–Kier alpha value is -1.17. The number of hydrogen-bond acceptors (Lipinski definition) is 3. The van der Waals surface area contributed by atoms with Gasteiger partial charge >= 0.3 is 0 Å². The molecule has 0 radical (unpaired) electrons. The summed E-state index contributed by atoms with van der Waals surface area (Å²) in [5, 5.41) is 3.25. The zero-order valence-electron chi connectivity index (χ0n) is 11.8. The summed E-state index contributed by atoms with van der Waals surface area (Å²) in [6.45, 7) is 3.89. The van der Waals surface area contributed by atoms with Crippen molar-refractivity contribution < 1.29 is 4.79 Å². The Balaban J connectivity index is 2.82. The molecule has 0 aliphatic heterocycles. The van der Waals surface area contributed by atoms with E-state index in [2.05, 4.69) is 17.1 Å². The van der Waals surface area contributed by atoms with Crippen molar-refractivity contribution in [2.75, 3.05) is 20.1 Å². The van der Waals surface area contributed by atoms with Crippen LogP contribution in [0, 0.1) is 0 Å². The van der Waals surface area contributed by atoms with Crippen LogP contribution in [0.15, 0.2) is 18.2 Å². The van der Waals surface area contributed by atoms with E-state index in [0.717, 1.165) is 24.1 Å². The maximum atomic E-state index is 11.5. The van der Waals surface area contributed by atoms with Crippen LogP contribution in [0.4, 0.5) is 0 Å². The van der Waals surface area contributed by atoms with Crippen LogP contribution in [0.3, 0.4) is 0 Å². The molecule has 0 aliphatic carbocycles. The van der Waals surface area contributed by atoms with Gasteiger partial charge in [-0.25, -0.2) is 0 Å². The number of thiocarbonyl (C=S) groups is 1. The number of likely N-dealkylation sites (N-methyl/N-ethyl adjacent to an activating group) is 1. The van der Waals surface area contributed by atoms with E-state index in [9.17, 15) is 4.79 Å². The number of carbonyl (C=O) groups is 1. The van der Waals surface area contributed by atoms with Gasteiger partial charge in [0.2, 0.25) is 5.91 Å². The lowest BCUT2D eigenvalue weighted by atomic mass is 10.1. The number of amides is 1. The lowest BCUT2D eigenvalue weighted by Crippen LogP contribution is -2.35. The highest BCUT2D eigenvalue weighted by atomic mass is 35.5. The van der Waals surface area contributed by atoms with Crippen molar-refractivity contribution in [1.29, 1.82) is 0 Å². The third-order valence-electron chi connectivity index (χ3n) is 2.92. The molecule has 0 heterocycles. The van der Waals surface area contributed by atoms with Gasteiger partial charge in [-0.1, -0.05) is 42.9 Å². The van der Waals surface area contributed by atoms with Crippen LogP contribution < -0.4 is 11.1 Å². The fraction of sp³-hybridized carbons (Fsp3) is 0.429. The van der Waals surface area contributed by atoms with Crippen LogP contribution in [0.25, 0.3) is 0 Å². The van der Waals surface area contributed by atoms with Crippen molar-refractivity contribution in [3.63, 3.8) is 0 Å². The third kappa shape index (κ3) is 5.07. The minimum absolute atomic E-state index is 0.00525. The van der Waals surface area contributed by atoms with Crippen molar-refractivity contribution in [3.8, 4) is 0 Å². The van der Waals surface area contributed by atoms with Gasteiger partial charge in [0.05, 0.1) is 6.54 Å². The quantitative estimate of drug-likeness (QED) is 0.755. The second-order valence-electron chi connectivity index (χ2n) is 4.55. The summed E-state index contributed by atoms with van der Waals surface area (Å²) in [6.07, 6.45) is 0.972. The van der Waals surface area contributed by atoms with Gasteiger partial charge < -0.3 is 11.1 Å². The predicted molar refractivity (Wildman–Crippen MR) is 87.0 cm³/mol. The van der Waals surface area contributed by atoms with E-state index in [4.69, 9.17) is 29.6 Å². The Morgan fingerprint density at radius 1 is 1.50 bits per heavy atom. The number of nitrogens with two attached hydrogens (primary N) is 1. The van der Waals surface area contributed by atoms with Crippen molar-refractivity contribution in [3.05, 3.63) is 34.3 Å². The maximum absolute atomic E-state index is 11.5. The number of nitrogens with zero attached hydrogens (tertiary/aromatic N) is 1. The first-order valence-electron chi connectivity index (χ1n) is 6.49. The standard InChI is InChI=1S/C14H20ClN3OS/c1-3-6-18(9-13(19)17-2)8-11-5-4-10(14(16)20)7-12(11)15/h4-5,7H,3,6,8-9H2,1-2H3,(H2,16,20)(H,17,19). The molecule has 0 saturated carbocycles. The SMILES string of the molecule is CCCN(CC(=O)NC)Cc1ccc(C(N)=S)cc1Cl. The lowest BCUT2D eigenvalue weighted by molar-refractivity contribution is -0.121. The first-order valence-corrected chi connectivity index (χ1v) is 7.27. The molecule has 0 fully saturated rings. The Morgan fingerprint density at radius 2 is 2.20 bits per heavy atom. The maximum Gasteiger partial charge on any atom is 0.233 e. The second-order valence-corrected chi connectivity index (χ2v) is 5.40. The van der Waals surface area contributed by atoms with Crippen molar-refractivity contribution in [2.24, 2.45) is 5.73 Å². The summed E-state index contributed by atoms with van der Waals surface area (Å²) < 4.78 is 0. The number of halogens is 1. The van der Waals surface area contributed by atoms with Gasteiger partial charge in [0, 0.05) is 24.2 Å². The highest BCUT2D eigenvalue weighted by Gasteiger charge is 2.12. The van der Waals surface area contributed by atoms with Crippen LogP contribution in [0.1, 0.15) is 24.5 Å². The molecule has 0 aromatic heterocycles. The number of rotatable bonds is 7. The fourth-order valence-corrected chi connectivity index (χ4v) is 2.25. The predicted octanol–water partition coefficient (Wildman–Crippen LogP) is 1.93. The molecule has 1 aromatic rings. The highest BCUT2D eigenvalue weighted by Crippen LogP contribution is 2.20. The Morgan fingerprint density at radius 3 is 2.70 bits per heavy atom. The average Bonchev–Trinajstić information content (AvgIpc) is 2.40. The molecule has 3 N–H and O–H groups in total. The van der Waals surface area contributed by atoms with E-state index in [-0.39, 0.29) is 5.91 Å². The van der Waals surface area contributed by atoms with Gasteiger partial charge in [-0.3, -0.25) is 9.69 Å². The van der Waals surface area contributed by atoms with E-state index >= 15 is 0 Å². The zero-order chi connectivity index (χ0) is 15.1. The molecule has 0 aliphatic rings. The molecule has 0 saturated heterocycles. The monoisotopic (exact) mass is 313 g/mol. The number of benzene rings is 1. The van der Waals surface area contributed by atoms with E-state index in [1.165, 1.54) is 0 Å². The summed E-state index contributed by atoms with van der Waals surface area (Å²) in [5.74, 6) is -0.00525.